The van der Waals surface area contributed by atoms with Crippen molar-refractivity contribution in [3.05, 3.63) is 35.5 Å². The van der Waals surface area contributed by atoms with Crippen molar-refractivity contribution in [2.75, 3.05) is 12.4 Å². The third-order valence-electron chi connectivity index (χ3n) is 2.53. The monoisotopic (exact) mass is 275 g/mol. The van der Waals surface area contributed by atoms with Crippen molar-refractivity contribution in [2.24, 2.45) is 0 Å². The molecule has 2 heterocycles. The summed E-state index contributed by atoms with van der Waals surface area (Å²) in [6, 6.07) is 7.05. The highest BCUT2D eigenvalue weighted by atomic mass is 35.5. The maximum atomic E-state index is 5.83. The third-order valence-corrected chi connectivity index (χ3v) is 2.78. The van der Waals surface area contributed by atoms with Gasteiger partial charge in [0.05, 0.1) is 6.20 Å². The van der Waals surface area contributed by atoms with Crippen LogP contribution in [0.3, 0.4) is 0 Å². The molecule has 0 fully saturated rings. The number of nitrogens with zero attached hydrogens (tertiary/aromatic N) is 3. The van der Waals surface area contributed by atoms with Crippen LogP contribution < -0.4 is 10.1 Å². The molecule has 2 N–H and O–H groups in total. The van der Waals surface area contributed by atoms with Gasteiger partial charge < -0.3 is 10.1 Å². The van der Waals surface area contributed by atoms with Gasteiger partial charge in [-0.15, -0.1) is 0 Å². The summed E-state index contributed by atoms with van der Waals surface area (Å²) in [6.07, 6.45) is 1.63. The van der Waals surface area contributed by atoms with Crippen LogP contribution in [0.1, 0.15) is 0 Å². The highest BCUT2D eigenvalue weighted by molar-refractivity contribution is 6.30. The minimum absolute atomic E-state index is 0.436. The molecule has 0 saturated heterocycles. The Kier molecular flexibility index (Phi) is 2.92. The normalized spacial score (nSPS) is 10.6. The highest BCUT2D eigenvalue weighted by Gasteiger charge is 2.10. The summed E-state index contributed by atoms with van der Waals surface area (Å²) >= 11 is 5.83. The predicted octanol–water partition coefficient (Wildman–Crippen LogP) is 2.84. The van der Waals surface area contributed by atoms with E-state index in [2.05, 4.69) is 25.5 Å². The quantitative estimate of drug-likeness (QED) is 0.769. The van der Waals surface area contributed by atoms with E-state index < -0.39 is 0 Å². The van der Waals surface area contributed by atoms with Gasteiger partial charge in [0, 0.05) is 12.1 Å². The molecule has 0 aliphatic heterocycles. The van der Waals surface area contributed by atoms with Gasteiger partial charge in [0.1, 0.15) is 11.1 Å². The van der Waals surface area contributed by atoms with E-state index in [4.69, 9.17) is 16.3 Å². The molecule has 0 bridgehead atoms. The number of fused-ring (bicyclic) bond motifs is 1. The predicted molar refractivity (Wildman–Crippen MR) is 72.8 cm³/mol. The largest absolute Gasteiger partial charge is 0.438 e. The van der Waals surface area contributed by atoms with Gasteiger partial charge in [-0.1, -0.05) is 11.6 Å². The number of hydrogen-bond donors (Lipinski definition) is 2. The molecule has 6 nitrogen and oxygen atoms in total. The molecule has 7 heteroatoms. The number of halogens is 1. The first-order chi connectivity index (χ1) is 9.26. The minimum Gasteiger partial charge on any atom is -0.438 e. The zero-order valence-corrected chi connectivity index (χ0v) is 10.8. The zero-order valence-electron chi connectivity index (χ0n) is 10.0. The molecule has 0 unspecified atom stereocenters. The van der Waals surface area contributed by atoms with Gasteiger partial charge in [0.15, 0.2) is 5.65 Å². The van der Waals surface area contributed by atoms with Gasteiger partial charge in [-0.2, -0.15) is 15.1 Å². The SMILES string of the molecule is CNc1nc(Oc2ccc(Cl)cc2)c2cn[nH]c2n1. The van der Waals surface area contributed by atoms with Crippen LogP contribution in [0.5, 0.6) is 11.6 Å². The first kappa shape index (κ1) is 11.7. The number of rotatable bonds is 3. The number of aromatic nitrogens is 4. The van der Waals surface area contributed by atoms with E-state index in [1.165, 1.54) is 0 Å². The van der Waals surface area contributed by atoms with Crippen LogP contribution in [0.2, 0.25) is 5.02 Å². The lowest BCUT2D eigenvalue weighted by molar-refractivity contribution is 0.469. The first-order valence-electron chi connectivity index (χ1n) is 5.58. The second-order valence-electron chi connectivity index (χ2n) is 3.79. The number of nitrogens with one attached hydrogen (secondary N) is 2. The molecule has 1 aromatic carbocycles. The van der Waals surface area contributed by atoms with Crippen molar-refractivity contribution in [1.29, 1.82) is 0 Å². The Hall–Kier alpha value is -2.34. The maximum absolute atomic E-state index is 5.83. The van der Waals surface area contributed by atoms with E-state index >= 15 is 0 Å². The lowest BCUT2D eigenvalue weighted by Gasteiger charge is -2.07. The molecular formula is C12H10ClN5O. The summed E-state index contributed by atoms with van der Waals surface area (Å²) in [4.78, 5) is 8.50. The number of anilines is 1. The van der Waals surface area contributed by atoms with Crippen LogP contribution in [0.15, 0.2) is 30.5 Å². The Morgan fingerprint density at radius 1 is 1.21 bits per heavy atom. The molecule has 3 rings (SSSR count). The van der Waals surface area contributed by atoms with E-state index in [-0.39, 0.29) is 0 Å². The Morgan fingerprint density at radius 3 is 2.74 bits per heavy atom. The van der Waals surface area contributed by atoms with Gasteiger partial charge in [0.25, 0.3) is 0 Å². The average Bonchev–Trinajstić information content (AvgIpc) is 2.89. The van der Waals surface area contributed by atoms with E-state index in [9.17, 15) is 0 Å². The van der Waals surface area contributed by atoms with Crippen LogP contribution in [-0.2, 0) is 0 Å². The van der Waals surface area contributed by atoms with E-state index in [1.54, 1.807) is 37.5 Å². The number of aromatic amines is 1. The third kappa shape index (κ3) is 2.30. The Bertz CT molecular complexity index is 710. The Labute approximate surface area is 113 Å². The van der Waals surface area contributed by atoms with Gasteiger partial charge in [-0.05, 0) is 24.3 Å². The van der Waals surface area contributed by atoms with Gasteiger partial charge in [0.2, 0.25) is 11.8 Å². The Morgan fingerprint density at radius 2 is 2.00 bits per heavy atom. The summed E-state index contributed by atoms with van der Waals surface area (Å²) in [7, 11) is 1.74. The van der Waals surface area contributed by atoms with Crippen molar-refractivity contribution in [3.8, 4) is 11.6 Å². The molecule has 0 atom stereocenters. The van der Waals surface area contributed by atoms with E-state index in [0.29, 0.717) is 33.6 Å². The molecule has 0 aliphatic rings. The van der Waals surface area contributed by atoms with Crippen LogP contribution >= 0.6 is 11.6 Å². The summed E-state index contributed by atoms with van der Waals surface area (Å²) in [6.45, 7) is 0. The molecule has 96 valence electrons. The van der Waals surface area contributed by atoms with Crippen LogP contribution in [0, 0.1) is 0 Å². The maximum Gasteiger partial charge on any atom is 0.235 e. The van der Waals surface area contributed by atoms with Crippen molar-refractivity contribution in [1.82, 2.24) is 20.2 Å². The van der Waals surface area contributed by atoms with Gasteiger partial charge >= 0.3 is 0 Å². The fraction of sp³-hybridized carbons (Fsp3) is 0.0833. The lowest BCUT2D eigenvalue weighted by atomic mass is 10.3. The molecule has 0 spiro atoms. The standard InChI is InChI=1S/C12H10ClN5O/c1-14-12-16-10-9(6-15-18-10)11(17-12)19-8-4-2-7(13)3-5-8/h2-6H,1H3,(H2,14,15,16,17,18). The molecule has 2 aromatic heterocycles. The number of H-pyrrole nitrogens is 1. The molecule has 0 saturated carbocycles. The molecule has 19 heavy (non-hydrogen) atoms. The average molecular weight is 276 g/mol. The molecule has 3 aromatic rings. The lowest BCUT2D eigenvalue weighted by Crippen LogP contribution is -1.98. The van der Waals surface area contributed by atoms with Crippen LogP contribution in [0.25, 0.3) is 11.0 Å². The number of hydrogen-bond acceptors (Lipinski definition) is 5. The van der Waals surface area contributed by atoms with Crippen molar-refractivity contribution >= 4 is 28.6 Å². The van der Waals surface area contributed by atoms with Crippen molar-refractivity contribution in [3.63, 3.8) is 0 Å². The highest BCUT2D eigenvalue weighted by Crippen LogP contribution is 2.27. The van der Waals surface area contributed by atoms with Crippen molar-refractivity contribution < 1.29 is 4.74 Å². The summed E-state index contributed by atoms with van der Waals surface area (Å²) in [5, 5.41) is 11.0. The van der Waals surface area contributed by atoms with Gasteiger partial charge in [-0.25, -0.2) is 0 Å². The second kappa shape index (κ2) is 4.74. The molecular weight excluding hydrogens is 266 g/mol. The zero-order chi connectivity index (χ0) is 13.2. The topological polar surface area (TPSA) is 75.7 Å². The van der Waals surface area contributed by atoms with E-state index in [0.717, 1.165) is 0 Å². The fourth-order valence-electron chi connectivity index (χ4n) is 1.61. The summed E-state index contributed by atoms with van der Waals surface area (Å²) < 4.78 is 5.74. The fourth-order valence-corrected chi connectivity index (χ4v) is 1.74. The summed E-state index contributed by atoms with van der Waals surface area (Å²) in [5.41, 5.74) is 0.614. The number of ether oxygens (including phenoxy) is 1. The Balaban J connectivity index is 2.03. The van der Waals surface area contributed by atoms with Crippen LogP contribution in [0.4, 0.5) is 5.95 Å². The second-order valence-corrected chi connectivity index (χ2v) is 4.23. The van der Waals surface area contributed by atoms with Crippen LogP contribution in [-0.4, -0.2) is 27.2 Å². The molecule has 0 amide bonds. The molecule has 0 radical (unpaired) electrons. The van der Waals surface area contributed by atoms with Crippen molar-refractivity contribution in [2.45, 2.75) is 0 Å². The smallest absolute Gasteiger partial charge is 0.235 e. The number of benzene rings is 1. The minimum atomic E-state index is 0.436. The summed E-state index contributed by atoms with van der Waals surface area (Å²) in [5.74, 6) is 1.54. The first-order valence-corrected chi connectivity index (χ1v) is 5.96. The van der Waals surface area contributed by atoms with E-state index in [1.807, 2.05) is 0 Å². The van der Waals surface area contributed by atoms with Gasteiger partial charge in [-0.3, -0.25) is 5.10 Å². The molecule has 0 aliphatic carbocycles.